The third-order valence-electron chi connectivity index (χ3n) is 2.96. The van der Waals surface area contributed by atoms with Crippen molar-refractivity contribution in [3.05, 3.63) is 65.3 Å². The highest BCUT2D eigenvalue weighted by Gasteiger charge is 2.09. The second kappa shape index (κ2) is 5.49. The molecule has 0 fully saturated rings. The average molecular weight is 286 g/mol. The Bertz CT molecular complexity index is 758. The summed E-state index contributed by atoms with van der Waals surface area (Å²) in [5, 5.41) is 11.7. The van der Waals surface area contributed by atoms with E-state index in [-0.39, 0.29) is 6.61 Å². The average Bonchev–Trinajstić information content (AvgIpc) is 2.49. The normalized spacial score (nSPS) is 10.7. The maximum atomic E-state index is 9.30. The van der Waals surface area contributed by atoms with E-state index in [4.69, 9.17) is 16.3 Å². The van der Waals surface area contributed by atoms with Crippen molar-refractivity contribution < 1.29 is 9.84 Å². The summed E-state index contributed by atoms with van der Waals surface area (Å²) in [7, 11) is 0. The molecule has 0 spiro atoms. The number of hydrogen-bond donors (Lipinski definition) is 1. The Balaban J connectivity index is 2.13. The van der Waals surface area contributed by atoms with E-state index >= 15 is 0 Å². The van der Waals surface area contributed by atoms with Crippen LogP contribution >= 0.6 is 11.6 Å². The maximum Gasteiger partial charge on any atom is 0.227 e. The van der Waals surface area contributed by atoms with Gasteiger partial charge in [0.15, 0.2) is 0 Å². The molecular weight excluding hydrogens is 274 g/mol. The number of para-hydroxylation sites is 1. The van der Waals surface area contributed by atoms with Crippen LogP contribution in [0, 0.1) is 0 Å². The van der Waals surface area contributed by atoms with Gasteiger partial charge in [0.1, 0.15) is 5.75 Å². The van der Waals surface area contributed by atoms with Crippen molar-refractivity contribution in [2.45, 2.75) is 6.61 Å². The molecule has 1 aromatic heterocycles. The highest BCUT2D eigenvalue weighted by molar-refractivity contribution is 6.32. The Kier molecular flexibility index (Phi) is 3.54. The fourth-order valence-corrected chi connectivity index (χ4v) is 2.18. The van der Waals surface area contributed by atoms with E-state index in [2.05, 4.69) is 4.98 Å². The summed E-state index contributed by atoms with van der Waals surface area (Å²) in [6.07, 6.45) is 0. The van der Waals surface area contributed by atoms with E-state index in [1.807, 2.05) is 42.5 Å². The largest absolute Gasteiger partial charge is 0.437 e. The van der Waals surface area contributed by atoms with Gasteiger partial charge < -0.3 is 9.84 Å². The lowest BCUT2D eigenvalue weighted by Gasteiger charge is -2.10. The summed E-state index contributed by atoms with van der Waals surface area (Å²) in [5.74, 6) is 0.988. The predicted molar refractivity (Wildman–Crippen MR) is 79.2 cm³/mol. The number of rotatable bonds is 3. The van der Waals surface area contributed by atoms with Gasteiger partial charge in [0.2, 0.25) is 5.88 Å². The number of halogens is 1. The van der Waals surface area contributed by atoms with Gasteiger partial charge in [0.05, 0.1) is 17.3 Å². The number of hydrogen-bond acceptors (Lipinski definition) is 3. The fraction of sp³-hybridized carbons (Fsp3) is 0.0625. The smallest absolute Gasteiger partial charge is 0.227 e. The quantitative estimate of drug-likeness (QED) is 0.785. The second-order valence-corrected chi connectivity index (χ2v) is 4.74. The minimum absolute atomic E-state index is 0.135. The number of aliphatic hydroxyl groups is 1. The second-order valence-electron chi connectivity index (χ2n) is 4.33. The highest BCUT2D eigenvalue weighted by Crippen LogP contribution is 2.32. The van der Waals surface area contributed by atoms with Crippen LogP contribution < -0.4 is 4.74 Å². The Morgan fingerprint density at radius 1 is 1.05 bits per heavy atom. The van der Waals surface area contributed by atoms with Crippen LogP contribution in [0.3, 0.4) is 0 Å². The van der Waals surface area contributed by atoms with Crippen LogP contribution in [-0.4, -0.2) is 10.1 Å². The van der Waals surface area contributed by atoms with E-state index in [0.29, 0.717) is 22.3 Å². The van der Waals surface area contributed by atoms with Crippen molar-refractivity contribution in [1.82, 2.24) is 4.98 Å². The third-order valence-corrected chi connectivity index (χ3v) is 3.28. The summed E-state index contributed by atoms with van der Waals surface area (Å²) in [6.45, 7) is -0.135. The lowest BCUT2D eigenvalue weighted by molar-refractivity contribution is 0.275. The molecule has 20 heavy (non-hydrogen) atoms. The summed E-state index contributed by atoms with van der Waals surface area (Å²) < 4.78 is 5.81. The zero-order valence-corrected chi connectivity index (χ0v) is 11.3. The van der Waals surface area contributed by atoms with Crippen LogP contribution in [0.2, 0.25) is 5.02 Å². The first-order valence-electron chi connectivity index (χ1n) is 6.20. The van der Waals surface area contributed by atoms with Gasteiger partial charge in [-0.1, -0.05) is 41.9 Å². The molecule has 3 nitrogen and oxygen atoms in total. The molecule has 0 unspecified atom stereocenters. The van der Waals surface area contributed by atoms with Crippen LogP contribution in [0.5, 0.6) is 11.6 Å². The summed E-state index contributed by atoms with van der Waals surface area (Å²) in [6, 6.07) is 16.8. The van der Waals surface area contributed by atoms with Crippen LogP contribution in [0.4, 0.5) is 0 Å². The minimum atomic E-state index is -0.135. The van der Waals surface area contributed by atoms with Crippen molar-refractivity contribution in [2.75, 3.05) is 0 Å². The number of aliphatic hydroxyl groups excluding tert-OH is 1. The van der Waals surface area contributed by atoms with Crippen LogP contribution in [0.1, 0.15) is 5.69 Å². The molecule has 0 aliphatic carbocycles. The first-order chi connectivity index (χ1) is 9.78. The standard InChI is InChI=1S/C16H12ClNO2/c17-14-7-3-4-8-15(14)20-16-13-6-2-1-5-11(13)9-12(10-19)18-16/h1-9,19H,10H2. The Morgan fingerprint density at radius 2 is 1.80 bits per heavy atom. The lowest BCUT2D eigenvalue weighted by Crippen LogP contribution is -1.95. The van der Waals surface area contributed by atoms with Crippen LogP contribution in [-0.2, 0) is 6.61 Å². The molecule has 1 heterocycles. The molecule has 3 aromatic rings. The van der Waals surface area contributed by atoms with E-state index in [9.17, 15) is 5.11 Å². The topological polar surface area (TPSA) is 42.4 Å². The van der Waals surface area contributed by atoms with Crippen molar-refractivity contribution >= 4 is 22.4 Å². The van der Waals surface area contributed by atoms with Gasteiger partial charge >= 0.3 is 0 Å². The summed E-state index contributed by atoms with van der Waals surface area (Å²) in [5.41, 5.74) is 0.561. The lowest BCUT2D eigenvalue weighted by atomic mass is 10.1. The first kappa shape index (κ1) is 12.9. The number of nitrogens with zero attached hydrogens (tertiary/aromatic N) is 1. The fourth-order valence-electron chi connectivity index (χ4n) is 2.01. The van der Waals surface area contributed by atoms with Gasteiger partial charge in [-0.25, -0.2) is 4.98 Å². The molecule has 1 N–H and O–H groups in total. The molecule has 3 rings (SSSR count). The van der Waals surface area contributed by atoms with Gasteiger partial charge in [0, 0.05) is 5.39 Å². The number of fused-ring (bicyclic) bond motifs is 1. The maximum absolute atomic E-state index is 9.30. The van der Waals surface area contributed by atoms with Gasteiger partial charge in [-0.15, -0.1) is 0 Å². The van der Waals surface area contributed by atoms with Gasteiger partial charge in [-0.2, -0.15) is 0 Å². The molecule has 4 heteroatoms. The van der Waals surface area contributed by atoms with Crippen molar-refractivity contribution in [3.8, 4) is 11.6 Å². The number of aromatic nitrogens is 1. The summed E-state index contributed by atoms with van der Waals surface area (Å²) >= 11 is 6.10. The molecule has 0 saturated heterocycles. The van der Waals surface area contributed by atoms with E-state index in [1.165, 1.54) is 0 Å². The SMILES string of the molecule is OCc1cc2ccccc2c(Oc2ccccc2Cl)n1. The molecule has 0 radical (unpaired) electrons. The van der Waals surface area contributed by atoms with Gasteiger partial charge in [0.25, 0.3) is 0 Å². The number of benzene rings is 2. The van der Waals surface area contributed by atoms with E-state index < -0.39 is 0 Å². The van der Waals surface area contributed by atoms with Crippen LogP contribution in [0.15, 0.2) is 54.6 Å². The zero-order valence-electron chi connectivity index (χ0n) is 10.6. The van der Waals surface area contributed by atoms with Crippen molar-refractivity contribution in [1.29, 1.82) is 0 Å². The van der Waals surface area contributed by atoms with Crippen molar-refractivity contribution in [2.24, 2.45) is 0 Å². The Labute approximate surface area is 121 Å². The van der Waals surface area contributed by atoms with Crippen LogP contribution in [0.25, 0.3) is 10.8 Å². The molecule has 100 valence electrons. The highest BCUT2D eigenvalue weighted by atomic mass is 35.5. The Morgan fingerprint density at radius 3 is 2.60 bits per heavy atom. The molecule has 0 saturated carbocycles. The Hall–Kier alpha value is -2.10. The van der Waals surface area contributed by atoms with E-state index in [0.717, 1.165) is 10.8 Å². The van der Waals surface area contributed by atoms with Gasteiger partial charge in [-0.3, -0.25) is 0 Å². The molecule has 0 bridgehead atoms. The molecular formula is C16H12ClNO2. The number of ether oxygens (including phenoxy) is 1. The molecule has 0 aliphatic heterocycles. The minimum Gasteiger partial charge on any atom is -0.437 e. The molecule has 0 amide bonds. The van der Waals surface area contributed by atoms with E-state index in [1.54, 1.807) is 12.1 Å². The van der Waals surface area contributed by atoms with Gasteiger partial charge in [-0.05, 0) is 29.7 Å². The molecule has 2 aromatic carbocycles. The van der Waals surface area contributed by atoms with Crippen molar-refractivity contribution in [3.63, 3.8) is 0 Å². The third kappa shape index (κ3) is 2.46. The zero-order chi connectivity index (χ0) is 13.9. The monoisotopic (exact) mass is 285 g/mol. The first-order valence-corrected chi connectivity index (χ1v) is 6.57. The predicted octanol–water partition coefficient (Wildman–Crippen LogP) is 4.17. The molecule has 0 atom stereocenters. The summed E-state index contributed by atoms with van der Waals surface area (Å²) in [4.78, 5) is 4.32. The molecule has 0 aliphatic rings. The number of pyridine rings is 1.